The van der Waals surface area contributed by atoms with E-state index < -0.39 is 0 Å². The Morgan fingerprint density at radius 3 is 2.57 bits per heavy atom. The Balaban J connectivity index is 1.92. The maximum absolute atomic E-state index is 5.72. The molecule has 118 valence electrons. The zero-order chi connectivity index (χ0) is 16.1. The van der Waals surface area contributed by atoms with Gasteiger partial charge in [0.25, 0.3) is 0 Å². The van der Waals surface area contributed by atoms with Crippen LogP contribution in [0, 0.1) is 4.77 Å². The summed E-state index contributed by atoms with van der Waals surface area (Å²) in [6, 6.07) is 18.3. The number of nitrogens with zero attached hydrogens (tertiary/aromatic N) is 2. The van der Waals surface area contributed by atoms with E-state index in [1.807, 2.05) is 41.8 Å². The van der Waals surface area contributed by atoms with Crippen molar-refractivity contribution in [1.29, 1.82) is 0 Å². The lowest BCUT2D eigenvalue weighted by atomic mass is 10.1. The quantitative estimate of drug-likeness (QED) is 0.693. The van der Waals surface area contributed by atoms with Gasteiger partial charge in [0.05, 0.1) is 12.3 Å². The smallest absolute Gasteiger partial charge is 0.199 e. The van der Waals surface area contributed by atoms with Crippen LogP contribution < -0.4 is 4.74 Å². The Morgan fingerprint density at radius 2 is 1.78 bits per heavy atom. The molecular formula is C18H19N3OS. The maximum atomic E-state index is 5.72. The largest absolute Gasteiger partial charge is 0.492 e. The lowest BCUT2D eigenvalue weighted by molar-refractivity contribution is 0.339. The summed E-state index contributed by atoms with van der Waals surface area (Å²) in [6.07, 6.45) is 1.72. The highest BCUT2D eigenvalue weighted by atomic mass is 32.1. The average molecular weight is 325 g/mol. The second kappa shape index (κ2) is 7.24. The lowest BCUT2D eigenvalue weighted by Gasteiger charge is -2.12. The highest BCUT2D eigenvalue weighted by Gasteiger charge is 2.12. The minimum absolute atomic E-state index is 0.584. The van der Waals surface area contributed by atoms with Crippen LogP contribution in [-0.2, 0) is 12.8 Å². The molecule has 0 bridgehead atoms. The molecule has 3 rings (SSSR count). The van der Waals surface area contributed by atoms with E-state index in [0.29, 0.717) is 11.4 Å². The summed E-state index contributed by atoms with van der Waals surface area (Å²) in [5, 5.41) is 7.30. The minimum atomic E-state index is 0.584. The standard InChI is InChI=1S/C18H19N3OS/c1-2-22-16-11-7-6-10-15(16)21-17(19-20-18(21)23)13-12-14-8-4-3-5-9-14/h3-11H,2,12-13H2,1H3,(H,20,23). The molecule has 0 amide bonds. The van der Waals surface area contributed by atoms with Gasteiger partial charge in [-0.2, -0.15) is 5.10 Å². The molecule has 1 aromatic heterocycles. The molecule has 0 unspecified atom stereocenters. The number of H-pyrrole nitrogens is 1. The van der Waals surface area contributed by atoms with E-state index in [1.54, 1.807) is 0 Å². The average Bonchev–Trinajstić information content (AvgIpc) is 2.95. The van der Waals surface area contributed by atoms with Crippen molar-refractivity contribution in [3.63, 3.8) is 0 Å². The fourth-order valence-electron chi connectivity index (χ4n) is 2.57. The van der Waals surface area contributed by atoms with Gasteiger partial charge in [0.15, 0.2) is 4.77 Å². The number of ether oxygens (including phenoxy) is 1. The van der Waals surface area contributed by atoms with Gasteiger partial charge in [-0.15, -0.1) is 0 Å². The molecule has 1 heterocycles. The maximum Gasteiger partial charge on any atom is 0.199 e. The first-order chi connectivity index (χ1) is 11.3. The fraction of sp³-hybridized carbons (Fsp3) is 0.222. The fourth-order valence-corrected chi connectivity index (χ4v) is 2.82. The van der Waals surface area contributed by atoms with Crippen LogP contribution >= 0.6 is 12.2 Å². The van der Waals surface area contributed by atoms with Crippen LogP contribution in [0.25, 0.3) is 5.69 Å². The summed E-state index contributed by atoms with van der Waals surface area (Å²) in [6.45, 7) is 2.59. The van der Waals surface area contributed by atoms with Crippen molar-refractivity contribution in [2.75, 3.05) is 6.61 Å². The molecule has 1 N–H and O–H groups in total. The Bertz CT molecular complexity index is 824. The van der Waals surface area contributed by atoms with E-state index in [0.717, 1.165) is 30.1 Å². The summed E-state index contributed by atoms with van der Waals surface area (Å²) in [5.74, 6) is 1.72. The van der Waals surface area contributed by atoms with Crippen LogP contribution in [0.2, 0.25) is 0 Å². The molecule has 0 saturated carbocycles. The van der Waals surface area contributed by atoms with Crippen LogP contribution in [0.3, 0.4) is 0 Å². The summed E-state index contributed by atoms with van der Waals surface area (Å²) in [5.41, 5.74) is 2.21. The lowest BCUT2D eigenvalue weighted by Crippen LogP contribution is -2.06. The van der Waals surface area contributed by atoms with Gasteiger partial charge in [-0.1, -0.05) is 42.5 Å². The van der Waals surface area contributed by atoms with Crippen LogP contribution in [0.5, 0.6) is 5.75 Å². The second-order valence-electron chi connectivity index (χ2n) is 5.17. The Kier molecular flexibility index (Phi) is 4.88. The third-order valence-electron chi connectivity index (χ3n) is 3.63. The number of nitrogens with one attached hydrogen (secondary N) is 1. The second-order valence-corrected chi connectivity index (χ2v) is 5.55. The molecular weight excluding hydrogens is 306 g/mol. The van der Waals surface area contributed by atoms with Crippen molar-refractivity contribution in [3.8, 4) is 11.4 Å². The molecule has 3 aromatic rings. The van der Waals surface area contributed by atoms with Gasteiger partial charge >= 0.3 is 0 Å². The summed E-state index contributed by atoms with van der Waals surface area (Å²) < 4.78 is 8.27. The first-order valence-electron chi connectivity index (χ1n) is 7.72. The summed E-state index contributed by atoms with van der Waals surface area (Å²) >= 11 is 5.42. The van der Waals surface area contributed by atoms with E-state index >= 15 is 0 Å². The monoisotopic (exact) mass is 325 g/mol. The third kappa shape index (κ3) is 3.51. The van der Waals surface area contributed by atoms with Crippen molar-refractivity contribution in [2.24, 2.45) is 0 Å². The van der Waals surface area contributed by atoms with Crippen molar-refractivity contribution in [1.82, 2.24) is 14.8 Å². The first kappa shape index (κ1) is 15.5. The molecule has 5 heteroatoms. The topological polar surface area (TPSA) is 42.8 Å². The molecule has 0 spiro atoms. The number of hydrogen-bond acceptors (Lipinski definition) is 3. The zero-order valence-electron chi connectivity index (χ0n) is 13.0. The molecule has 0 fully saturated rings. The molecule has 4 nitrogen and oxygen atoms in total. The summed E-state index contributed by atoms with van der Waals surface area (Å²) in [4.78, 5) is 0. The van der Waals surface area contributed by atoms with Gasteiger partial charge in [0.2, 0.25) is 0 Å². The normalized spacial score (nSPS) is 10.7. The number of hydrogen-bond donors (Lipinski definition) is 1. The van der Waals surface area contributed by atoms with Crippen LogP contribution in [0.1, 0.15) is 18.3 Å². The Labute approximate surface area is 140 Å². The Hall–Kier alpha value is -2.40. The van der Waals surface area contributed by atoms with E-state index in [4.69, 9.17) is 17.0 Å². The molecule has 0 saturated heterocycles. The number of aromatic nitrogens is 3. The van der Waals surface area contributed by atoms with E-state index in [1.165, 1.54) is 5.56 Å². The van der Waals surface area contributed by atoms with Crippen molar-refractivity contribution < 1.29 is 4.74 Å². The molecule has 23 heavy (non-hydrogen) atoms. The van der Waals surface area contributed by atoms with Crippen molar-refractivity contribution in [3.05, 3.63) is 70.8 Å². The molecule has 0 aliphatic rings. The molecule has 0 radical (unpaired) electrons. The molecule has 0 aliphatic heterocycles. The van der Waals surface area contributed by atoms with E-state index in [9.17, 15) is 0 Å². The number of aromatic amines is 1. The van der Waals surface area contributed by atoms with E-state index in [2.05, 4.69) is 34.5 Å². The van der Waals surface area contributed by atoms with Gasteiger partial charge in [-0.25, -0.2) is 0 Å². The first-order valence-corrected chi connectivity index (χ1v) is 8.13. The highest BCUT2D eigenvalue weighted by molar-refractivity contribution is 7.71. The third-order valence-corrected chi connectivity index (χ3v) is 3.90. The Morgan fingerprint density at radius 1 is 1.04 bits per heavy atom. The van der Waals surface area contributed by atoms with Crippen molar-refractivity contribution >= 4 is 12.2 Å². The van der Waals surface area contributed by atoms with E-state index in [-0.39, 0.29) is 0 Å². The van der Waals surface area contributed by atoms with Gasteiger partial charge < -0.3 is 4.74 Å². The van der Waals surface area contributed by atoms with Gasteiger partial charge in [-0.3, -0.25) is 9.67 Å². The SMILES string of the molecule is CCOc1ccccc1-n1c(CCc2ccccc2)n[nH]c1=S. The molecule has 2 aromatic carbocycles. The predicted molar refractivity (Wildman–Crippen MR) is 93.8 cm³/mol. The number of aryl methyl sites for hydroxylation is 2. The zero-order valence-corrected chi connectivity index (χ0v) is 13.8. The van der Waals surface area contributed by atoms with Gasteiger partial charge in [-0.05, 0) is 43.3 Å². The van der Waals surface area contributed by atoms with Gasteiger partial charge in [0.1, 0.15) is 11.6 Å². The predicted octanol–water partition coefficient (Wildman–Crippen LogP) is 4.11. The van der Waals surface area contributed by atoms with Gasteiger partial charge in [0, 0.05) is 6.42 Å². The van der Waals surface area contributed by atoms with Crippen LogP contribution in [0.15, 0.2) is 54.6 Å². The van der Waals surface area contributed by atoms with Crippen LogP contribution in [-0.4, -0.2) is 21.4 Å². The van der Waals surface area contributed by atoms with Crippen molar-refractivity contribution in [2.45, 2.75) is 19.8 Å². The molecule has 0 atom stereocenters. The highest BCUT2D eigenvalue weighted by Crippen LogP contribution is 2.24. The van der Waals surface area contributed by atoms with Crippen LogP contribution in [0.4, 0.5) is 0 Å². The molecule has 0 aliphatic carbocycles. The minimum Gasteiger partial charge on any atom is -0.492 e. The number of para-hydroxylation sites is 2. The summed E-state index contributed by atoms with van der Waals surface area (Å²) in [7, 11) is 0. The number of benzene rings is 2. The number of rotatable bonds is 6.